The molecule has 1 aromatic heterocycles. The van der Waals surface area contributed by atoms with Crippen molar-refractivity contribution in [3.63, 3.8) is 0 Å². The molecule has 1 spiro atoms. The third-order valence-electron chi connectivity index (χ3n) is 7.82. The molecule has 3 heterocycles. The fraction of sp³-hybridized carbons (Fsp3) is 0.452. The molecule has 9 nitrogen and oxygen atoms in total. The summed E-state index contributed by atoms with van der Waals surface area (Å²) >= 11 is 0. The van der Waals surface area contributed by atoms with Gasteiger partial charge in [-0.2, -0.15) is 15.3 Å². The fourth-order valence-corrected chi connectivity index (χ4v) is 5.34. The molecule has 5 rings (SSSR count). The minimum atomic E-state index is -0.537. The smallest absolute Gasteiger partial charge is 0.213 e. The molecule has 2 aliphatic heterocycles. The first-order valence-electron chi connectivity index (χ1n) is 13.9. The van der Waals surface area contributed by atoms with E-state index in [0.29, 0.717) is 30.8 Å². The maximum atomic E-state index is 6.48. The summed E-state index contributed by atoms with van der Waals surface area (Å²) in [5, 5.41) is 12.8. The number of rotatable bonds is 8. The van der Waals surface area contributed by atoms with Crippen LogP contribution in [0.25, 0.3) is 0 Å². The zero-order chi connectivity index (χ0) is 28.3. The van der Waals surface area contributed by atoms with Crippen LogP contribution in [-0.2, 0) is 18.0 Å². The number of hydrogen-bond acceptors (Lipinski definition) is 9. The van der Waals surface area contributed by atoms with Crippen molar-refractivity contribution in [2.45, 2.75) is 65.6 Å². The number of nitrogens with zero attached hydrogens (tertiary/aromatic N) is 4. The number of benzene rings is 2. The maximum absolute atomic E-state index is 6.48. The number of hydrogen-bond donors (Lipinski definition) is 1. The molecule has 0 unspecified atom stereocenters. The Bertz CT molecular complexity index is 1360. The summed E-state index contributed by atoms with van der Waals surface area (Å²) in [6, 6.07) is 12.6. The Morgan fingerprint density at radius 1 is 1.10 bits per heavy atom. The van der Waals surface area contributed by atoms with E-state index in [1.807, 2.05) is 38.1 Å². The van der Waals surface area contributed by atoms with E-state index in [1.54, 1.807) is 20.4 Å². The van der Waals surface area contributed by atoms with E-state index in [0.717, 1.165) is 70.9 Å². The Morgan fingerprint density at radius 2 is 1.85 bits per heavy atom. The quantitative estimate of drug-likeness (QED) is 0.320. The molecular formula is C31H39N5O4. The highest BCUT2D eigenvalue weighted by Gasteiger charge is 2.41. The van der Waals surface area contributed by atoms with E-state index in [4.69, 9.17) is 18.9 Å². The molecule has 2 aromatic carbocycles. The summed E-state index contributed by atoms with van der Waals surface area (Å²) in [6.07, 6.45) is 3.47. The highest BCUT2D eigenvalue weighted by atomic mass is 16.7. The average molecular weight is 546 g/mol. The van der Waals surface area contributed by atoms with Gasteiger partial charge in [0.15, 0.2) is 11.5 Å². The summed E-state index contributed by atoms with van der Waals surface area (Å²) in [5.41, 5.74) is 9.48. The topological polar surface area (TPSA) is 90.3 Å². The van der Waals surface area contributed by atoms with Crippen molar-refractivity contribution in [2.24, 2.45) is 5.10 Å². The van der Waals surface area contributed by atoms with E-state index in [1.165, 1.54) is 0 Å². The molecule has 3 aromatic rings. The molecule has 212 valence electrons. The summed E-state index contributed by atoms with van der Waals surface area (Å²) in [4.78, 5) is 2.47. The van der Waals surface area contributed by atoms with Gasteiger partial charge in [0.05, 0.1) is 31.3 Å². The number of aromatic nitrogens is 2. The molecule has 0 aliphatic carbocycles. The number of nitrogens with one attached hydrogen (secondary N) is 1. The first-order chi connectivity index (χ1) is 19.3. The molecule has 1 N–H and O–H groups in total. The SMILES string of the molecule is CN/N=C(/c1ccc2c(c1)COC1(CCN(C(C)C)CC1)O2)c1ccc(OC)c(OCc2c(C)cnnc2C)c1. The molecule has 0 atom stereocenters. The van der Waals surface area contributed by atoms with Crippen molar-refractivity contribution in [2.75, 3.05) is 27.2 Å². The van der Waals surface area contributed by atoms with Gasteiger partial charge >= 0.3 is 0 Å². The van der Waals surface area contributed by atoms with Crippen LogP contribution < -0.4 is 19.6 Å². The van der Waals surface area contributed by atoms with Gasteiger partial charge in [-0.25, -0.2) is 0 Å². The second-order valence-corrected chi connectivity index (χ2v) is 10.7. The van der Waals surface area contributed by atoms with Gasteiger partial charge < -0.3 is 29.3 Å². The van der Waals surface area contributed by atoms with Gasteiger partial charge in [-0.3, -0.25) is 0 Å². The van der Waals surface area contributed by atoms with Crippen molar-refractivity contribution in [3.05, 3.63) is 76.1 Å². The van der Waals surface area contributed by atoms with E-state index < -0.39 is 5.79 Å². The van der Waals surface area contributed by atoms with Crippen molar-refractivity contribution >= 4 is 5.71 Å². The van der Waals surface area contributed by atoms with Gasteiger partial charge in [-0.1, -0.05) is 0 Å². The van der Waals surface area contributed by atoms with Crippen molar-refractivity contribution in [3.8, 4) is 17.2 Å². The number of methoxy groups -OCH3 is 1. The molecule has 2 aliphatic rings. The predicted octanol–water partition coefficient (Wildman–Crippen LogP) is 4.76. The van der Waals surface area contributed by atoms with Crippen LogP contribution in [0.1, 0.15) is 60.2 Å². The van der Waals surface area contributed by atoms with Gasteiger partial charge in [-0.05, 0) is 69.7 Å². The van der Waals surface area contributed by atoms with Crippen LogP contribution in [0, 0.1) is 13.8 Å². The lowest BCUT2D eigenvalue weighted by molar-refractivity contribution is -0.229. The molecule has 0 amide bonds. The van der Waals surface area contributed by atoms with E-state index in [2.05, 4.69) is 51.6 Å². The average Bonchev–Trinajstić information content (AvgIpc) is 2.95. The second kappa shape index (κ2) is 11.8. The summed E-state index contributed by atoms with van der Waals surface area (Å²) < 4.78 is 24.7. The maximum Gasteiger partial charge on any atom is 0.213 e. The van der Waals surface area contributed by atoms with E-state index in [-0.39, 0.29) is 0 Å². The van der Waals surface area contributed by atoms with Crippen LogP contribution in [0.4, 0.5) is 0 Å². The van der Waals surface area contributed by atoms with Crippen LogP contribution in [0.15, 0.2) is 47.7 Å². The van der Waals surface area contributed by atoms with Gasteiger partial charge in [0, 0.05) is 61.3 Å². The summed E-state index contributed by atoms with van der Waals surface area (Å²) in [7, 11) is 3.43. The standard InChI is InChI=1S/C31H39N5O4/c1-20(2)36-13-11-31(12-14-36)39-18-25-15-23(7-9-27(25)40-31)30(35-32-5)24-8-10-28(37-6)29(16-24)38-19-26-21(3)17-33-34-22(26)4/h7-10,15-17,20,32H,11-14,18-19H2,1-6H3/b35-30-. The van der Waals surface area contributed by atoms with Gasteiger partial charge in [-0.15, -0.1) is 0 Å². The van der Waals surface area contributed by atoms with Gasteiger partial charge in [0.1, 0.15) is 12.4 Å². The molecule has 1 saturated heterocycles. The lowest BCUT2D eigenvalue weighted by Gasteiger charge is -2.45. The lowest BCUT2D eigenvalue weighted by Crippen LogP contribution is -2.52. The predicted molar refractivity (Wildman–Crippen MR) is 154 cm³/mol. The van der Waals surface area contributed by atoms with Crippen LogP contribution in [-0.4, -0.2) is 59.9 Å². The first kappa shape index (κ1) is 27.9. The molecule has 0 saturated carbocycles. The van der Waals surface area contributed by atoms with E-state index >= 15 is 0 Å². The highest BCUT2D eigenvalue weighted by molar-refractivity contribution is 6.13. The molecule has 0 bridgehead atoms. The molecular weight excluding hydrogens is 506 g/mol. The largest absolute Gasteiger partial charge is 0.493 e. The summed E-state index contributed by atoms with van der Waals surface area (Å²) in [5.74, 6) is 1.61. The normalized spacial score (nSPS) is 16.9. The highest BCUT2D eigenvalue weighted by Crippen LogP contribution is 2.39. The number of ether oxygens (including phenoxy) is 4. The Labute approximate surface area is 236 Å². The zero-order valence-electron chi connectivity index (χ0n) is 24.3. The van der Waals surface area contributed by atoms with Crippen molar-refractivity contribution in [1.29, 1.82) is 0 Å². The van der Waals surface area contributed by atoms with Crippen molar-refractivity contribution in [1.82, 2.24) is 20.5 Å². The number of aryl methyl sites for hydroxylation is 2. The minimum absolute atomic E-state index is 0.357. The Kier molecular flexibility index (Phi) is 8.23. The number of hydrazone groups is 1. The first-order valence-corrected chi connectivity index (χ1v) is 13.9. The Morgan fingerprint density at radius 3 is 2.55 bits per heavy atom. The fourth-order valence-electron chi connectivity index (χ4n) is 5.34. The van der Waals surface area contributed by atoms with Crippen LogP contribution >= 0.6 is 0 Å². The third kappa shape index (κ3) is 5.76. The van der Waals surface area contributed by atoms with Crippen LogP contribution in [0.2, 0.25) is 0 Å². The van der Waals surface area contributed by atoms with Crippen LogP contribution in [0.5, 0.6) is 17.2 Å². The van der Waals surface area contributed by atoms with Gasteiger partial charge in [0.2, 0.25) is 5.79 Å². The van der Waals surface area contributed by atoms with E-state index in [9.17, 15) is 0 Å². The number of piperidine rings is 1. The number of likely N-dealkylation sites (tertiary alicyclic amines) is 1. The lowest BCUT2D eigenvalue weighted by atomic mass is 9.97. The second-order valence-electron chi connectivity index (χ2n) is 10.7. The Balaban J connectivity index is 1.38. The molecule has 0 radical (unpaired) electrons. The summed E-state index contributed by atoms with van der Waals surface area (Å²) in [6.45, 7) is 11.2. The zero-order valence-corrected chi connectivity index (χ0v) is 24.3. The minimum Gasteiger partial charge on any atom is -0.493 e. The van der Waals surface area contributed by atoms with Gasteiger partial charge in [0.25, 0.3) is 0 Å². The third-order valence-corrected chi connectivity index (χ3v) is 7.82. The monoisotopic (exact) mass is 545 g/mol. The number of fused-ring (bicyclic) bond motifs is 1. The molecule has 40 heavy (non-hydrogen) atoms. The molecule has 1 fully saturated rings. The Hall–Kier alpha value is -3.69. The molecule has 9 heteroatoms. The van der Waals surface area contributed by atoms with Crippen LogP contribution in [0.3, 0.4) is 0 Å². The van der Waals surface area contributed by atoms with Crippen molar-refractivity contribution < 1.29 is 18.9 Å².